The third-order valence-electron chi connectivity index (χ3n) is 3.60. The van der Waals surface area contributed by atoms with E-state index in [0.717, 1.165) is 10.9 Å². The standard InChI is InChI=1S/C18H19BrClNO2/c1-3-12(2)13-7-8-17(16(19)9-13)23-11-18(22)21-15-6-4-5-14(20)10-15/h4-10,12H,3,11H2,1-2H3,(H,21,22). The maximum Gasteiger partial charge on any atom is 0.262 e. The lowest BCUT2D eigenvalue weighted by Crippen LogP contribution is -2.20. The zero-order valence-corrected chi connectivity index (χ0v) is 15.4. The number of nitrogens with one attached hydrogen (secondary N) is 1. The Kier molecular flexibility index (Phi) is 6.48. The van der Waals surface area contributed by atoms with Gasteiger partial charge in [-0.3, -0.25) is 4.79 Å². The van der Waals surface area contributed by atoms with Gasteiger partial charge in [0.25, 0.3) is 5.91 Å². The predicted octanol–water partition coefficient (Wildman–Crippen LogP) is 5.63. The highest BCUT2D eigenvalue weighted by molar-refractivity contribution is 9.10. The van der Waals surface area contributed by atoms with E-state index in [2.05, 4.69) is 35.1 Å². The van der Waals surface area contributed by atoms with Crippen LogP contribution in [0.2, 0.25) is 5.02 Å². The SMILES string of the molecule is CCC(C)c1ccc(OCC(=O)Nc2cccc(Cl)c2)c(Br)c1. The predicted molar refractivity (Wildman–Crippen MR) is 98.4 cm³/mol. The highest BCUT2D eigenvalue weighted by Crippen LogP contribution is 2.30. The van der Waals surface area contributed by atoms with Gasteiger partial charge in [-0.05, 0) is 64.2 Å². The Morgan fingerprint density at radius 2 is 2.09 bits per heavy atom. The second-order valence-corrected chi connectivity index (χ2v) is 6.64. The average molecular weight is 397 g/mol. The summed E-state index contributed by atoms with van der Waals surface area (Å²) in [6.07, 6.45) is 1.08. The minimum atomic E-state index is -0.231. The summed E-state index contributed by atoms with van der Waals surface area (Å²) in [6.45, 7) is 4.28. The Hall–Kier alpha value is -1.52. The fourth-order valence-electron chi connectivity index (χ4n) is 2.08. The lowest BCUT2D eigenvalue weighted by Gasteiger charge is -2.13. The lowest BCUT2D eigenvalue weighted by molar-refractivity contribution is -0.118. The number of rotatable bonds is 6. The molecule has 0 fully saturated rings. The maximum atomic E-state index is 11.9. The number of hydrogen-bond donors (Lipinski definition) is 1. The van der Waals surface area contributed by atoms with Crippen molar-refractivity contribution in [3.8, 4) is 5.75 Å². The summed E-state index contributed by atoms with van der Waals surface area (Å²) in [5.74, 6) is 0.912. The summed E-state index contributed by atoms with van der Waals surface area (Å²) in [6, 6.07) is 13.0. The van der Waals surface area contributed by atoms with Crippen LogP contribution in [0.3, 0.4) is 0 Å². The number of carbonyl (C=O) groups is 1. The highest BCUT2D eigenvalue weighted by Gasteiger charge is 2.09. The third kappa shape index (κ3) is 5.26. The van der Waals surface area contributed by atoms with Crippen LogP contribution in [-0.2, 0) is 4.79 Å². The van der Waals surface area contributed by atoms with E-state index in [4.69, 9.17) is 16.3 Å². The van der Waals surface area contributed by atoms with Crippen LogP contribution in [0.15, 0.2) is 46.9 Å². The molecule has 0 saturated carbocycles. The van der Waals surface area contributed by atoms with Crippen molar-refractivity contribution < 1.29 is 9.53 Å². The second-order valence-electron chi connectivity index (χ2n) is 5.35. The molecule has 1 unspecified atom stereocenters. The van der Waals surface area contributed by atoms with E-state index < -0.39 is 0 Å². The number of halogens is 2. The molecule has 0 aliphatic carbocycles. The van der Waals surface area contributed by atoms with Gasteiger partial charge >= 0.3 is 0 Å². The topological polar surface area (TPSA) is 38.3 Å². The monoisotopic (exact) mass is 395 g/mol. The summed E-state index contributed by atoms with van der Waals surface area (Å²) < 4.78 is 6.43. The van der Waals surface area contributed by atoms with Crippen LogP contribution < -0.4 is 10.1 Å². The molecule has 0 spiro atoms. The smallest absolute Gasteiger partial charge is 0.262 e. The molecule has 2 rings (SSSR count). The number of benzene rings is 2. The van der Waals surface area contributed by atoms with Gasteiger partial charge in [0.2, 0.25) is 0 Å². The second kappa shape index (κ2) is 8.37. The lowest BCUT2D eigenvalue weighted by atomic mass is 9.99. The Morgan fingerprint density at radius 1 is 1.30 bits per heavy atom. The van der Waals surface area contributed by atoms with Crippen molar-refractivity contribution in [2.75, 3.05) is 11.9 Å². The molecule has 5 heteroatoms. The minimum absolute atomic E-state index is 0.0617. The van der Waals surface area contributed by atoms with Gasteiger partial charge in [0.1, 0.15) is 5.75 Å². The first kappa shape index (κ1) is 17.8. The molecule has 0 saturated heterocycles. The number of anilines is 1. The first-order valence-electron chi connectivity index (χ1n) is 7.47. The number of ether oxygens (including phenoxy) is 1. The molecule has 2 aromatic carbocycles. The van der Waals surface area contributed by atoms with Gasteiger partial charge in [-0.25, -0.2) is 0 Å². The van der Waals surface area contributed by atoms with E-state index >= 15 is 0 Å². The van der Waals surface area contributed by atoms with Crippen molar-refractivity contribution in [2.24, 2.45) is 0 Å². The van der Waals surface area contributed by atoms with Gasteiger partial charge < -0.3 is 10.1 Å². The molecule has 1 atom stereocenters. The van der Waals surface area contributed by atoms with Crippen molar-refractivity contribution in [3.63, 3.8) is 0 Å². The van der Waals surface area contributed by atoms with Crippen LogP contribution >= 0.6 is 27.5 Å². The summed E-state index contributed by atoms with van der Waals surface area (Å²) in [5, 5.41) is 3.32. The van der Waals surface area contributed by atoms with Gasteiger partial charge in [-0.15, -0.1) is 0 Å². The van der Waals surface area contributed by atoms with Crippen LogP contribution in [0.25, 0.3) is 0 Å². The summed E-state index contributed by atoms with van der Waals surface area (Å²) in [7, 11) is 0. The number of hydrogen-bond acceptors (Lipinski definition) is 2. The fourth-order valence-corrected chi connectivity index (χ4v) is 2.78. The van der Waals surface area contributed by atoms with E-state index in [1.54, 1.807) is 24.3 Å². The third-order valence-corrected chi connectivity index (χ3v) is 4.46. The van der Waals surface area contributed by atoms with E-state index in [1.165, 1.54) is 5.56 Å². The summed E-state index contributed by atoms with van der Waals surface area (Å²) >= 11 is 9.38. The average Bonchev–Trinajstić information content (AvgIpc) is 2.53. The van der Waals surface area contributed by atoms with E-state index in [9.17, 15) is 4.79 Å². The Bertz CT molecular complexity index is 690. The molecule has 0 radical (unpaired) electrons. The molecule has 0 aliphatic heterocycles. The number of carbonyl (C=O) groups excluding carboxylic acids is 1. The molecule has 1 N–H and O–H groups in total. The number of amides is 1. The van der Waals surface area contributed by atoms with Crippen molar-refractivity contribution in [3.05, 3.63) is 57.5 Å². The molecule has 0 aliphatic rings. The molecular weight excluding hydrogens is 378 g/mol. The van der Waals surface area contributed by atoms with E-state index in [-0.39, 0.29) is 12.5 Å². The van der Waals surface area contributed by atoms with Crippen molar-refractivity contribution in [1.29, 1.82) is 0 Å². The summed E-state index contributed by atoms with van der Waals surface area (Å²) in [4.78, 5) is 11.9. The maximum absolute atomic E-state index is 11.9. The Labute approximate surface area is 150 Å². The quantitative estimate of drug-likeness (QED) is 0.687. The van der Waals surface area contributed by atoms with Crippen LogP contribution in [-0.4, -0.2) is 12.5 Å². The first-order chi connectivity index (χ1) is 11.0. The van der Waals surface area contributed by atoms with Gasteiger partial charge in [0, 0.05) is 10.7 Å². The van der Waals surface area contributed by atoms with Crippen LogP contribution in [0, 0.1) is 0 Å². The molecule has 0 heterocycles. The van der Waals surface area contributed by atoms with E-state index in [1.807, 2.05) is 18.2 Å². The fraction of sp³-hybridized carbons (Fsp3) is 0.278. The van der Waals surface area contributed by atoms with Crippen LogP contribution in [0.1, 0.15) is 31.7 Å². The Balaban J connectivity index is 1.94. The largest absolute Gasteiger partial charge is 0.483 e. The molecular formula is C18H19BrClNO2. The molecule has 0 aromatic heterocycles. The van der Waals surface area contributed by atoms with E-state index in [0.29, 0.717) is 22.4 Å². The van der Waals surface area contributed by atoms with Gasteiger partial charge in [-0.2, -0.15) is 0 Å². The Morgan fingerprint density at radius 3 is 2.74 bits per heavy atom. The van der Waals surface area contributed by atoms with Gasteiger partial charge in [-0.1, -0.05) is 37.6 Å². The van der Waals surface area contributed by atoms with Crippen molar-refractivity contribution in [1.82, 2.24) is 0 Å². The first-order valence-corrected chi connectivity index (χ1v) is 8.64. The zero-order valence-electron chi connectivity index (χ0n) is 13.1. The normalized spacial score (nSPS) is 11.8. The van der Waals surface area contributed by atoms with Crippen molar-refractivity contribution >= 4 is 39.1 Å². The van der Waals surface area contributed by atoms with Gasteiger partial charge in [0.05, 0.1) is 4.47 Å². The molecule has 122 valence electrons. The van der Waals surface area contributed by atoms with Crippen LogP contribution in [0.5, 0.6) is 5.75 Å². The van der Waals surface area contributed by atoms with Gasteiger partial charge in [0.15, 0.2) is 6.61 Å². The van der Waals surface area contributed by atoms with Crippen LogP contribution in [0.4, 0.5) is 5.69 Å². The minimum Gasteiger partial charge on any atom is -0.483 e. The molecule has 0 bridgehead atoms. The van der Waals surface area contributed by atoms with Crippen molar-refractivity contribution in [2.45, 2.75) is 26.2 Å². The molecule has 23 heavy (non-hydrogen) atoms. The highest BCUT2D eigenvalue weighted by atomic mass is 79.9. The summed E-state index contributed by atoms with van der Waals surface area (Å²) in [5.41, 5.74) is 1.90. The zero-order chi connectivity index (χ0) is 16.8. The molecule has 3 nitrogen and oxygen atoms in total. The molecule has 2 aromatic rings. The molecule has 1 amide bonds.